The fourth-order valence-electron chi connectivity index (χ4n) is 2.37. The van der Waals surface area contributed by atoms with Gasteiger partial charge in [-0.2, -0.15) is 0 Å². The smallest absolute Gasteiger partial charge is 0.326 e. The van der Waals surface area contributed by atoms with Crippen LogP contribution in [0.2, 0.25) is 0 Å². The molecule has 0 saturated carbocycles. The minimum atomic E-state index is -0.558. The molecule has 0 atom stereocenters. The molecule has 0 radical (unpaired) electrons. The van der Waals surface area contributed by atoms with Crippen LogP contribution >= 0.6 is 0 Å². The minimum Gasteiger partial charge on any atom is -0.326 e. The molecular formula is C14H15N4O4+. The molecule has 1 aromatic carbocycles. The van der Waals surface area contributed by atoms with Crippen LogP contribution in [-0.4, -0.2) is 41.6 Å². The van der Waals surface area contributed by atoms with E-state index in [1.807, 2.05) is 30.3 Å². The second-order valence-electron chi connectivity index (χ2n) is 4.97. The van der Waals surface area contributed by atoms with E-state index >= 15 is 0 Å². The normalized spacial score (nSPS) is 15.2. The van der Waals surface area contributed by atoms with E-state index in [4.69, 9.17) is 0 Å². The van der Waals surface area contributed by atoms with Gasteiger partial charge in [-0.05, 0) is 17.4 Å². The number of H-pyrrole nitrogens is 1. The number of nitrogens with zero attached hydrogens (tertiary/aromatic N) is 3. The number of anilines is 1. The predicted molar refractivity (Wildman–Crippen MR) is 74.9 cm³/mol. The van der Waals surface area contributed by atoms with Gasteiger partial charge >= 0.3 is 5.63 Å². The van der Waals surface area contributed by atoms with Gasteiger partial charge < -0.3 is 9.80 Å². The Hall–Kier alpha value is -2.90. The lowest BCUT2D eigenvalue weighted by molar-refractivity contribution is -0.751. The second kappa shape index (κ2) is 5.84. The maximum Gasteiger partial charge on any atom is 0.426 e. The van der Waals surface area contributed by atoms with Crippen molar-refractivity contribution in [1.82, 2.24) is 10.2 Å². The molecule has 1 fully saturated rings. The first-order valence-electron chi connectivity index (χ1n) is 6.84. The Bertz CT molecular complexity index is 737. The topological polar surface area (TPSA) is 90.5 Å². The molecule has 0 spiro atoms. The first-order chi connectivity index (χ1) is 10.6. The molecule has 0 bridgehead atoms. The Labute approximate surface area is 125 Å². The molecule has 8 nitrogen and oxygen atoms in total. The zero-order chi connectivity index (χ0) is 15.5. The number of piperazine rings is 1. The summed E-state index contributed by atoms with van der Waals surface area (Å²) in [5, 5.41) is 2.31. The molecule has 1 aliphatic heterocycles. The molecule has 8 heteroatoms. The monoisotopic (exact) mass is 303 g/mol. The van der Waals surface area contributed by atoms with E-state index in [2.05, 4.69) is 9.79 Å². The number of benzene rings is 1. The van der Waals surface area contributed by atoms with Gasteiger partial charge in [0.2, 0.25) is 5.91 Å². The van der Waals surface area contributed by atoms with Crippen LogP contribution in [0.4, 0.5) is 5.69 Å². The summed E-state index contributed by atoms with van der Waals surface area (Å²) >= 11 is 0. The standard InChI is InChI=1S/C14H14N4O4/c19-12(9-17-10-14(21)22-15-17)16-6-7-18(13(20)8-16)11-4-2-1-3-5-11/h1-5,10H,6-9H2/p+1. The number of amides is 2. The lowest BCUT2D eigenvalue weighted by Crippen LogP contribution is -2.55. The van der Waals surface area contributed by atoms with Crippen molar-refractivity contribution < 1.29 is 18.8 Å². The molecule has 1 aromatic heterocycles. The number of para-hydroxylation sites is 1. The molecule has 2 heterocycles. The SMILES string of the molecule is O=C(C[n+]1cc(=O)o[nH]1)N1CCN(c2ccccc2)C(=O)C1. The summed E-state index contributed by atoms with van der Waals surface area (Å²) < 4.78 is 5.73. The minimum absolute atomic E-state index is 0.0242. The van der Waals surface area contributed by atoms with Gasteiger partial charge in [-0.15, -0.1) is 0 Å². The highest BCUT2D eigenvalue weighted by atomic mass is 16.5. The van der Waals surface area contributed by atoms with Gasteiger partial charge in [0.1, 0.15) is 6.54 Å². The number of carbonyl (C=O) groups excluding carboxylic acids is 2. The fourth-order valence-corrected chi connectivity index (χ4v) is 2.37. The lowest BCUT2D eigenvalue weighted by Gasteiger charge is -2.33. The van der Waals surface area contributed by atoms with Crippen LogP contribution < -0.4 is 15.2 Å². The van der Waals surface area contributed by atoms with E-state index in [9.17, 15) is 14.4 Å². The molecule has 1 aliphatic rings. The van der Waals surface area contributed by atoms with Gasteiger partial charge in [0, 0.05) is 18.8 Å². The number of hydrogen-bond donors (Lipinski definition) is 1. The van der Waals surface area contributed by atoms with Crippen LogP contribution in [0.15, 0.2) is 45.8 Å². The van der Waals surface area contributed by atoms with Crippen molar-refractivity contribution in [3.05, 3.63) is 46.9 Å². The summed E-state index contributed by atoms with van der Waals surface area (Å²) in [4.78, 5) is 38.4. The van der Waals surface area contributed by atoms with Crippen LogP contribution in [0, 0.1) is 0 Å². The third-order valence-corrected chi connectivity index (χ3v) is 3.47. The Morgan fingerprint density at radius 3 is 2.64 bits per heavy atom. The second-order valence-corrected chi connectivity index (χ2v) is 4.97. The van der Waals surface area contributed by atoms with Crippen LogP contribution in [0.1, 0.15) is 0 Å². The number of rotatable bonds is 3. The summed E-state index contributed by atoms with van der Waals surface area (Å²) in [5.74, 6) is -0.375. The largest absolute Gasteiger partial charge is 0.426 e. The average molecular weight is 303 g/mol. The molecule has 0 aliphatic carbocycles. The number of aromatic amines is 1. The van der Waals surface area contributed by atoms with E-state index in [-0.39, 0.29) is 24.9 Å². The van der Waals surface area contributed by atoms with E-state index in [0.29, 0.717) is 13.1 Å². The van der Waals surface area contributed by atoms with Crippen molar-refractivity contribution in [3.63, 3.8) is 0 Å². The van der Waals surface area contributed by atoms with Gasteiger partial charge in [0.05, 0.1) is 0 Å². The van der Waals surface area contributed by atoms with Crippen molar-refractivity contribution in [2.75, 3.05) is 24.5 Å². The third kappa shape index (κ3) is 2.90. The lowest BCUT2D eigenvalue weighted by atomic mass is 10.2. The van der Waals surface area contributed by atoms with Crippen LogP contribution in [0.25, 0.3) is 0 Å². The third-order valence-electron chi connectivity index (χ3n) is 3.47. The van der Waals surface area contributed by atoms with Crippen LogP contribution in [0.3, 0.4) is 0 Å². The highest BCUT2D eigenvalue weighted by Gasteiger charge is 2.29. The zero-order valence-corrected chi connectivity index (χ0v) is 11.8. The van der Waals surface area contributed by atoms with E-state index in [1.54, 1.807) is 4.90 Å². The predicted octanol–water partition coefficient (Wildman–Crippen LogP) is -0.869. The average Bonchev–Trinajstić information content (AvgIpc) is 2.93. The first-order valence-corrected chi connectivity index (χ1v) is 6.84. The number of hydrogen-bond acceptors (Lipinski definition) is 4. The Kier molecular flexibility index (Phi) is 3.73. The molecular weight excluding hydrogens is 288 g/mol. The van der Waals surface area contributed by atoms with Crippen molar-refractivity contribution in [3.8, 4) is 0 Å². The van der Waals surface area contributed by atoms with E-state index in [0.717, 1.165) is 11.9 Å². The van der Waals surface area contributed by atoms with Crippen LogP contribution in [0.5, 0.6) is 0 Å². The van der Waals surface area contributed by atoms with Crippen molar-refractivity contribution in [2.45, 2.75) is 6.54 Å². The Balaban J connectivity index is 1.63. The molecule has 0 unspecified atom stereocenters. The summed E-state index contributed by atoms with van der Waals surface area (Å²) in [7, 11) is 0. The number of nitrogens with one attached hydrogen (secondary N) is 1. The fraction of sp³-hybridized carbons (Fsp3) is 0.286. The quantitative estimate of drug-likeness (QED) is 0.746. The molecule has 2 amide bonds. The highest BCUT2D eigenvalue weighted by Crippen LogP contribution is 2.16. The van der Waals surface area contributed by atoms with Gasteiger partial charge in [-0.1, -0.05) is 22.9 Å². The first kappa shape index (κ1) is 14.1. The molecule has 1 saturated heterocycles. The molecule has 114 valence electrons. The van der Waals surface area contributed by atoms with Crippen LogP contribution in [-0.2, 0) is 16.1 Å². The molecule has 3 rings (SSSR count). The molecule has 2 aromatic rings. The maximum atomic E-state index is 12.2. The van der Waals surface area contributed by atoms with E-state index < -0.39 is 5.63 Å². The number of carbonyl (C=O) groups is 2. The van der Waals surface area contributed by atoms with Gasteiger partial charge in [-0.25, -0.2) is 4.79 Å². The summed E-state index contributed by atoms with van der Waals surface area (Å²) in [5.41, 5.74) is 0.269. The maximum absolute atomic E-state index is 12.2. The summed E-state index contributed by atoms with van der Waals surface area (Å²) in [6.07, 6.45) is 1.15. The summed E-state index contributed by atoms with van der Waals surface area (Å²) in [6.45, 7) is 0.851. The summed E-state index contributed by atoms with van der Waals surface area (Å²) in [6, 6.07) is 9.34. The number of aromatic nitrogens is 2. The van der Waals surface area contributed by atoms with E-state index in [1.165, 1.54) is 9.58 Å². The zero-order valence-electron chi connectivity index (χ0n) is 11.8. The highest BCUT2D eigenvalue weighted by molar-refractivity contribution is 5.97. The Morgan fingerprint density at radius 2 is 2.00 bits per heavy atom. The van der Waals surface area contributed by atoms with Gasteiger partial charge in [0.15, 0.2) is 0 Å². The molecule has 1 N–H and O–H groups in total. The van der Waals surface area contributed by atoms with Crippen molar-refractivity contribution in [1.29, 1.82) is 0 Å². The molecule has 22 heavy (non-hydrogen) atoms. The van der Waals surface area contributed by atoms with Gasteiger partial charge in [-0.3, -0.25) is 14.1 Å². The van der Waals surface area contributed by atoms with Crippen molar-refractivity contribution >= 4 is 17.5 Å². The van der Waals surface area contributed by atoms with Gasteiger partial charge in [0.25, 0.3) is 18.6 Å². The Morgan fingerprint density at radius 1 is 1.23 bits per heavy atom. The van der Waals surface area contributed by atoms with Crippen molar-refractivity contribution in [2.24, 2.45) is 0 Å².